The van der Waals surface area contributed by atoms with Crippen LogP contribution < -0.4 is 5.73 Å². The molecule has 0 fully saturated rings. The Hall–Kier alpha value is -0.500. The van der Waals surface area contributed by atoms with Gasteiger partial charge in [0.1, 0.15) is 0 Å². The molecule has 0 radical (unpaired) electrons. The summed E-state index contributed by atoms with van der Waals surface area (Å²) in [5.41, 5.74) is 6.65. The Labute approximate surface area is 96.4 Å². The Balaban J connectivity index is 0.00000169. The van der Waals surface area contributed by atoms with Crippen LogP contribution in [-0.2, 0) is 6.42 Å². The van der Waals surface area contributed by atoms with Crippen LogP contribution in [0.2, 0.25) is 0 Å². The highest BCUT2D eigenvalue weighted by Gasteiger charge is 1.94. The zero-order valence-corrected chi connectivity index (χ0v) is 9.52. The molecule has 0 atom stereocenters. The van der Waals surface area contributed by atoms with Crippen LogP contribution >= 0.6 is 24.0 Å². The highest BCUT2D eigenvalue weighted by Crippen LogP contribution is 2.11. The van der Waals surface area contributed by atoms with Crippen molar-refractivity contribution >= 4 is 24.0 Å². The molecule has 0 aliphatic rings. The van der Waals surface area contributed by atoms with Crippen molar-refractivity contribution in [2.45, 2.75) is 12.8 Å². The molecule has 0 saturated heterocycles. The smallest absolute Gasteiger partial charge is 0.0157 e. The molecule has 0 saturated carbocycles. The molecule has 0 heterocycles. The largest absolute Gasteiger partial charge is 0.327 e. The molecule has 14 heavy (non-hydrogen) atoms. The summed E-state index contributed by atoms with van der Waals surface area (Å²) < 4.78 is 0. The number of hydrogen-bond donors (Lipinski definition) is 1. The third-order valence-corrected chi connectivity index (χ3v) is 2.18. The molecule has 2 N–H and O–H groups in total. The molecule has 0 aliphatic carbocycles. The summed E-state index contributed by atoms with van der Waals surface area (Å²) in [5.74, 6) is 0. The van der Waals surface area contributed by atoms with Crippen molar-refractivity contribution in [3.63, 3.8) is 0 Å². The van der Waals surface area contributed by atoms with E-state index in [0.29, 0.717) is 6.54 Å². The van der Waals surface area contributed by atoms with Gasteiger partial charge in [-0.25, -0.2) is 0 Å². The standard InChI is InChI=1S/C11H14ClN.ClH/c12-11(8-9-13)7-6-10-4-2-1-3-5-10;/h1-5,8H,6-7,9,13H2;1H. The normalized spacial score (nSPS) is 10.9. The van der Waals surface area contributed by atoms with Gasteiger partial charge in [0.05, 0.1) is 0 Å². The van der Waals surface area contributed by atoms with E-state index in [-0.39, 0.29) is 12.4 Å². The van der Waals surface area contributed by atoms with Gasteiger partial charge in [-0.05, 0) is 18.4 Å². The Bertz CT molecular complexity index is 270. The van der Waals surface area contributed by atoms with E-state index in [1.807, 2.05) is 24.3 Å². The molecule has 0 amide bonds. The molecule has 1 aromatic carbocycles. The van der Waals surface area contributed by atoms with E-state index in [1.54, 1.807) is 0 Å². The molecule has 0 aromatic heterocycles. The summed E-state index contributed by atoms with van der Waals surface area (Å²) >= 11 is 5.91. The van der Waals surface area contributed by atoms with Gasteiger partial charge in [-0.2, -0.15) is 0 Å². The molecule has 0 bridgehead atoms. The predicted octanol–water partition coefficient (Wildman–Crippen LogP) is 3.12. The molecule has 1 rings (SSSR count). The molecular formula is C11H15Cl2N. The van der Waals surface area contributed by atoms with Crippen LogP contribution in [0.1, 0.15) is 12.0 Å². The number of allylic oxidation sites excluding steroid dienone is 1. The average molecular weight is 232 g/mol. The lowest BCUT2D eigenvalue weighted by molar-refractivity contribution is 0.979. The molecule has 78 valence electrons. The summed E-state index contributed by atoms with van der Waals surface area (Å²) in [6, 6.07) is 10.3. The maximum Gasteiger partial charge on any atom is 0.0157 e. The first-order chi connectivity index (χ1) is 6.33. The zero-order chi connectivity index (χ0) is 9.52. The van der Waals surface area contributed by atoms with Crippen LogP contribution in [-0.4, -0.2) is 6.54 Å². The average Bonchev–Trinajstić information content (AvgIpc) is 2.17. The summed E-state index contributed by atoms with van der Waals surface area (Å²) in [5, 5.41) is 0.853. The number of hydrogen-bond acceptors (Lipinski definition) is 1. The Morgan fingerprint density at radius 1 is 1.29 bits per heavy atom. The topological polar surface area (TPSA) is 26.0 Å². The Kier molecular flexibility index (Phi) is 7.58. The second kappa shape index (κ2) is 7.86. The third kappa shape index (κ3) is 5.28. The molecule has 0 spiro atoms. The Morgan fingerprint density at radius 2 is 1.93 bits per heavy atom. The number of benzene rings is 1. The first-order valence-corrected chi connectivity index (χ1v) is 4.79. The fourth-order valence-corrected chi connectivity index (χ4v) is 1.32. The maximum absolute atomic E-state index is 5.91. The quantitative estimate of drug-likeness (QED) is 0.847. The second-order valence-electron chi connectivity index (χ2n) is 2.87. The van der Waals surface area contributed by atoms with Crippen LogP contribution in [0.15, 0.2) is 41.4 Å². The van der Waals surface area contributed by atoms with Gasteiger partial charge >= 0.3 is 0 Å². The fraction of sp³-hybridized carbons (Fsp3) is 0.273. The highest BCUT2D eigenvalue weighted by molar-refractivity contribution is 6.29. The lowest BCUT2D eigenvalue weighted by atomic mass is 10.1. The molecule has 1 aromatic rings. The van der Waals surface area contributed by atoms with E-state index in [2.05, 4.69) is 12.1 Å². The molecule has 1 nitrogen and oxygen atoms in total. The van der Waals surface area contributed by atoms with Crippen LogP contribution in [0.4, 0.5) is 0 Å². The van der Waals surface area contributed by atoms with Gasteiger partial charge in [-0.1, -0.05) is 48.0 Å². The molecular weight excluding hydrogens is 217 g/mol. The van der Waals surface area contributed by atoms with Crippen molar-refractivity contribution in [3.8, 4) is 0 Å². The summed E-state index contributed by atoms with van der Waals surface area (Å²) in [7, 11) is 0. The molecule has 0 unspecified atom stereocenters. The number of rotatable bonds is 4. The van der Waals surface area contributed by atoms with E-state index in [4.69, 9.17) is 17.3 Å². The van der Waals surface area contributed by atoms with Crippen LogP contribution in [0, 0.1) is 0 Å². The molecule has 0 aliphatic heterocycles. The van der Waals surface area contributed by atoms with Crippen LogP contribution in [0.3, 0.4) is 0 Å². The van der Waals surface area contributed by atoms with Gasteiger partial charge < -0.3 is 5.73 Å². The summed E-state index contributed by atoms with van der Waals surface area (Å²) in [6.07, 6.45) is 3.71. The SMILES string of the molecule is Cl.NCC=C(Cl)CCc1ccccc1. The Morgan fingerprint density at radius 3 is 2.50 bits per heavy atom. The van der Waals surface area contributed by atoms with Crippen LogP contribution in [0.5, 0.6) is 0 Å². The van der Waals surface area contributed by atoms with Crippen molar-refractivity contribution < 1.29 is 0 Å². The number of nitrogens with two attached hydrogens (primary N) is 1. The maximum atomic E-state index is 5.91. The second-order valence-corrected chi connectivity index (χ2v) is 3.36. The van der Waals surface area contributed by atoms with Crippen molar-refractivity contribution in [2.24, 2.45) is 5.73 Å². The third-order valence-electron chi connectivity index (χ3n) is 1.83. The van der Waals surface area contributed by atoms with Gasteiger partial charge in [0.15, 0.2) is 0 Å². The fourth-order valence-electron chi connectivity index (χ4n) is 1.14. The van der Waals surface area contributed by atoms with Crippen molar-refractivity contribution in [3.05, 3.63) is 47.0 Å². The van der Waals surface area contributed by atoms with Gasteiger partial charge in [-0.3, -0.25) is 0 Å². The van der Waals surface area contributed by atoms with Crippen LogP contribution in [0.25, 0.3) is 0 Å². The summed E-state index contributed by atoms with van der Waals surface area (Å²) in [4.78, 5) is 0. The van der Waals surface area contributed by atoms with E-state index in [9.17, 15) is 0 Å². The monoisotopic (exact) mass is 231 g/mol. The minimum atomic E-state index is 0. The van der Waals surface area contributed by atoms with Crippen molar-refractivity contribution in [2.75, 3.05) is 6.54 Å². The van der Waals surface area contributed by atoms with Gasteiger partial charge in [-0.15, -0.1) is 12.4 Å². The zero-order valence-electron chi connectivity index (χ0n) is 7.95. The number of halogens is 2. The first-order valence-electron chi connectivity index (χ1n) is 4.41. The molecule has 3 heteroatoms. The van der Waals surface area contributed by atoms with E-state index >= 15 is 0 Å². The highest BCUT2D eigenvalue weighted by atomic mass is 35.5. The van der Waals surface area contributed by atoms with E-state index in [0.717, 1.165) is 17.9 Å². The van der Waals surface area contributed by atoms with E-state index in [1.165, 1.54) is 5.56 Å². The van der Waals surface area contributed by atoms with Crippen molar-refractivity contribution in [1.29, 1.82) is 0 Å². The van der Waals surface area contributed by atoms with Gasteiger partial charge in [0.2, 0.25) is 0 Å². The lowest BCUT2D eigenvalue weighted by Gasteiger charge is -1.99. The first kappa shape index (κ1) is 13.5. The summed E-state index contributed by atoms with van der Waals surface area (Å²) in [6.45, 7) is 0.521. The predicted molar refractivity (Wildman–Crippen MR) is 65.0 cm³/mol. The lowest BCUT2D eigenvalue weighted by Crippen LogP contribution is -1.94. The number of aryl methyl sites for hydroxylation is 1. The van der Waals surface area contributed by atoms with Crippen molar-refractivity contribution in [1.82, 2.24) is 0 Å². The minimum absolute atomic E-state index is 0. The van der Waals surface area contributed by atoms with Gasteiger partial charge in [0.25, 0.3) is 0 Å². The van der Waals surface area contributed by atoms with Gasteiger partial charge in [0, 0.05) is 11.6 Å². The minimum Gasteiger partial charge on any atom is -0.327 e. The van der Waals surface area contributed by atoms with E-state index < -0.39 is 0 Å².